The number of thioether (sulfide) groups is 1. The van der Waals surface area contributed by atoms with Gasteiger partial charge in [0.1, 0.15) is 0 Å². The fourth-order valence-electron chi connectivity index (χ4n) is 5.70. The number of hydrogen-bond donors (Lipinski definition) is 2. The first-order valence-corrected chi connectivity index (χ1v) is 13.1. The van der Waals surface area contributed by atoms with Crippen LogP contribution in [0.15, 0.2) is 4.99 Å². The van der Waals surface area contributed by atoms with Crippen molar-refractivity contribution in [3.05, 3.63) is 0 Å². The van der Waals surface area contributed by atoms with Crippen molar-refractivity contribution in [2.75, 3.05) is 84.2 Å². The van der Waals surface area contributed by atoms with Crippen molar-refractivity contribution >= 4 is 17.7 Å². The number of nitrogens with zero attached hydrogens (tertiary/aromatic N) is 3. The lowest BCUT2D eigenvalue weighted by Crippen LogP contribution is -2.62. The lowest BCUT2D eigenvalue weighted by molar-refractivity contribution is -0.0353. The van der Waals surface area contributed by atoms with E-state index in [0.29, 0.717) is 0 Å². The lowest BCUT2D eigenvalue weighted by Gasteiger charge is -2.48. The van der Waals surface area contributed by atoms with Crippen LogP contribution >= 0.6 is 11.8 Å². The normalized spacial score (nSPS) is 31.6. The van der Waals surface area contributed by atoms with Crippen LogP contribution in [-0.2, 0) is 9.47 Å². The van der Waals surface area contributed by atoms with E-state index < -0.39 is 0 Å². The number of nitrogens with one attached hydrogen (secondary N) is 2. The quantitative estimate of drug-likeness (QED) is 0.479. The summed E-state index contributed by atoms with van der Waals surface area (Å²) in [6.45, 7) is 9.63. The van der Waals surface area contributed by atoms with Gasteiger partial charge in [0, 0.05) is 63.1 Å². The van der Waals surface area contributed by atoms with E-state index in [1.165, 1.54) is 50.0 Å². The zero-order valence-electron chi connectivity index (χ0n) is 18.8. The molecule has 172 valence electrons. The first-order valence-electron chi connectivity index (χ1n) is 11.9. The number of ether oxygens (including phenoxy) is 2. The van der Waals surface area contributed by atoms with Crippen molar-refractivity contribution in [3.8, 4) is 0 Å². The second kappa shape index (κ2) is 10.9. The van der Waals surface area contributed by atoms with Gasteiger partial charge in [-0.15, -0.1) is 0 Å². The predicted molar refractivity (Wildman–Crippen MR) is 125 cm³/mol. The highest BCUT2D eigenvalue weighted by Gasteiger charge is 2.41. The lowest BCUT2D eigenvalue weighted by atomic mass is 9.80. The Balaban J connectivity index is 1.35. The van der Waals surface area contributed by atoms with Crippen molar-refractivity contribution in [2.24, 2.45) is 4.99 Å². The average Bonchev–Trinajstić information content (AvgIpc) is 3.31. The van der Waals surface area contributed by atoms with Crippen molar-refractivity contribution in [1.29, 1.82) is 0 Å². The van der Waals surface area contributed by atoms with E-state index in [9.17, 15) is 0 Å². The molecule has 4 fully saturated rings. The van der Waals surface area contributed by atoms with Crippen LogP contribution in [0.25, 0.3) is 0 Å². The molecule has 1 atom stereocenters. The molecule has 0 aromatic carbocycles. The third-order valence-electron chi connectivity index (χ3n) is 7.62. The molecule has 3 aliphatic heterocycles. The van der Waals surface area contributed by atoms with Crippen LogP contribution in [0.4, 0.5) is 0 Å². The number of rotatable bonds is 6. The van der Waals surface area contributed by atoms with Gasteiger partial charge in [-0.25, -0.2) is 0 Å². The number of guanidine groups is 1. The van der Waals surface area contributed by atoms with E-state index in [4.69, 9.17) is 9.47 Å². The van der Waals surface area contributed by atoms with E-state index >= 15 is 0 Å². The van der Waals surface area contributed by atoms with Crippen molar-refractivity contribution in [2.45, 2.75) is 49.6 Å². The topological polar surface area (TPSA) is 61.4 Å². The van der Waals surface area contributed by atoms with E-state index in [-0.39, 0.29) is 11.1 Å². The largest absolute Gasteiger partial charge is 0.379 e. The van der Waals surface area contributed by atoms with E-state index in [1.54, 1.807) is 0 Å². The zero-order chi connectivity index (χ0) is 20.7. The highest BCUT2D eigenvalue weighted by Crippen LogP contribution is 2.35. The van der Waals surface area contributed by atoms with Crippen LogP contribution < -0.4 is 10.6 Å². The van der Waals surface area contributed by atoms with Gasteiger partial charge in [-0.05, 0) is 25.0 Å². The van der Waals surface area contributed by atoms with Gasteiger partial charge in [0.2, 0.25) is 0 Å². The molecular formula is C22H41N5O2S. The zero-order valence-corrected chi connectivity index (χ0v) is 19.6. The number of hydrogen-bond acceptors (Lipinski definition) is 6. The second-order valence-corrected chi connectivity index (χ2v) is 10.4. The summed E-state index contributed by atoms with van der Waals surface area (Å²) >= 11 is 2.09. The van der Waals surface area contributed by atoms with Crippen LogP contribution in [0.5, 0.6) is 0 Å². The third kappa shape index (κ3) is 5.26. The fourth-order valence-corrected chi connectivity index (χ4v) is 7.18. The van der Waals surface area contributed by atoms with Gasteiger partial charge >= 0.3 is 0 Å². The highest BCUT2D eigenvalue weighted by atomic mass is 32.2. The van der Waals surface area contributed by atoms with Crippen LogP contribution in [0.1, 0.15) is 38.5 Å². The summed E-state index contributed by atoms with van der Waals surface area (Å²) in [5, 5.41) is 7.44. The Morgan fingerprint density at radius 2 is 1.40 bits per heavy atom. The standard InChI is InChI=1S/C22H41N5O2S/c1-23-20(25-18-22(7-16-30-19-22)27-10-14-29-15-11-27)24-17-21(5-3-2-4-6-21)26-8-12-28-13-9-26/h2-19H2,1H3,(H2,23,24,25). The molecule has 0 aromatic rings. The molecule has 4 rings (SSSR count). The molecule has 3 heterocycles. The molecule has 1 unspecified atom stereocenters. The summed E-state index contributed by atoms with van der Waals surface area (Å²) < 4.78 is 11.2. The van der Waals surface area contributed by atoms with Crippen LogP contribution in [0, 0.1) is 0 Å². The number of aliphatic imine (C=N–C) groups is 1. The monoisotopic (exact) mass is 439 g/mol. The fraction of sp³-hybridized carbons (Fsp3) is 0.955. The molecule has 0 spiro atoms. The SMILES string of the molecule is CN=C(NCC1(N2CCOCC2)CCCCC1)NCC1(N2CCOCC2)CCSC1. The van der Waals surface area contributed by atoms with E-state index in [1.807, 2.05) is 7.05 Å². The number of morpholine rings is 2. The van der Waals surface area contributed by atoms with Crippen molar-refractivity contribution in [1.82, 2.24) is 20.4 Å². The molecule has 8 heteroatoms. The molecule has 3 saturated heterocycles. The summed E-state index contributed by atoms with van der Waals surface area (Å²) in [6, 6.07) is 0. The maximum atomic E-state index is 5.63. The summed E-state index contributed by atoms with van der Waals surface area (Å²) in [6.07, 6.45) is 7.86. The van der Waals surface area contributed by atoms with Gasteiger partial charge in [-0.3, -0.25) is 14.8 Å². The van der Waals surface area contributed by atoms with Gasteiger partial charge < -0.3 is 20.1 Å². The molecule has 30 heavy (non-hydrogen) atoms. The first kappa shape index (κ1) is 22.6. The Morgan fingerprint density at radius 1 is 0.833 bits per heavy atom. The maximum Gasteiger partial charge on any atom is 0.191 e. The molecule has 1 saturated carbocycles. The third-order valence-corrected chi connectivity index (χ3v) is 8.86. The van der Waals surface area contributed by atoms with Crippen molar-refractivity contribution < 1.29 is 9.47 Å². The predicted octanol–water partition coefficient (Wildman–Crippen LogP) is 1.39. The molecule has 0 aromatic heterocycles. The minimum Gasteiger partial charge on any atom is -0.379 e. The van der Waals surface area contributed by atoms with Crippen LogP contribution in [0.3, 0.4) is 0 Å². The Kier molecular flexibility index (Phi) is 8.20. The Hall–Kier alpha value is -0.540. The smallest absolute Gasteiger partial charge is 0.191 e. The van der Waals surface area contributed by atoms with Gasteiger partial charge in [0.05, 0.1) is 26.4 Å². The van der Waals surface area contributed by atoms with Gasteiger partial charge in [-0.1, -0.05) is 19.3 Å². The van der Waals surface area contributed by atoms with Gasteiger partial charge in [-0.2, -0.15) is 11.8 Å². The Morgan fingerprint density at radius 3 is 1.93 bits per heavy atom. The minimum atomic E-state index is 0.235. The molecule has 1 aliphatic carbocycles. The van der Waals surface area contributed by atoms with Crippen LogP contribution in [-0.4, -0.2) is 111 Å². The van der Waals surface area contributed by atoms with Crippen molar-refractivity contribution in [3.63, 3.8) is 0 Å². The summed E-state index contributed by atoms with van der Waals surface area (Å²) in [5.74, 6) is 3.41. The van der Waals surface area contributed by atoms with Gasteiger partial charge in [0.25, 0.3) is 0 Å². The van der Waals surface area contributed by atoms with E-state index in [2.05, 4.69) is 37.2 Å². The first-order chi connectivity index (χ1) is 14.8. The molecular weight excluding hydrogens is 398 g/mol. The summed E-state index contributed by atoms with van der Waals surface area (Å²) in [5.41, 5.74) is 0.490. The molecule has 2 N–H and O–H groups in total. The Bertz CT molecular complexity index is 552. The summed E-state index contributed by atoms with van der Waals surface area (Å²) in [4.78, 5) is 9.94. The molecule has 7 nitrogen and oxygen atoms in total. The van der Waals surface area contributed by atoms with Crippen LogP contribution in [0.2, 0.25) is 0 Å². The second-order valence-electron chi connectivity index (χ2n) is 9.29. The molecule has 0 radical (unpaired) electrons. The highest BCUT2D eigenvalue weighted by molar-refractivity contribution is 7.99. The Labute approximate surface area is 186 Å². The molecule has 0 bridgehead atoms. The molecule has 4 aliphatic rings. The minimum absolute atomic E-state index is 0.235. The molecule has 0 amide bonds. The summed E-state index contributed by atoms with van der Waals surface area (Å²) in [7, 11) is 1.91. The van der Waals surface area contributed by atoms with Gasteiger partial charge in [0.15, 0.2) is 5.96 Å². The maximum absolute atomic E-state index is 5.63. The van der Waals surface area contributed by atoms with E-state index in [0.717, 1.165) is 71.7 Å². The average molecular weight is 440 g/mol.